The van der Waals surface area contributed by atoms with Crippen LogP contribution in [-0.4, -0.2) is 56.8 Å². The number of aliphatic hydroxyl groups excluding tert-OH is 1. The molecule has 6 nitrogen and oxygen atoms in total. The summed E-state index contributed by atoms with van der Waals surface area (Å²) in [7, 11) is -3.68. The second-order valence-corrected chi connectivity index (χ2v) is 9.17. The number of piperidine rings is 1. The van der Waals surface area contributed by atoms with Crippen molar-refractivity contribution in [2.75, 3.05) is 26.2 Å². The fourth-order valence-corrected chi connectivity index (χ4v) is 4.73. The van der Waals surface area contributed by atoms with Gasteiger partial charge in [-0.1, -0.05) is 23.7 Å². The minimum Gasteiger partial charge on any atom is -0.489 e. The molecule has 0 aliphatic carbocycles. The summed E-state index contributed by atoms with van der Waals surface area (Å²) in [4.78, 5) is 2.12. The summed E-state index contributed by atoms with van der Waals surface area (Å²) >= 11 is 6.03. The molecule has 2 aromatic rings. The molecule has 1 aliphatic rings. The zero-order valence-electron chi connectivity index (χ0n) is 15.8. The van der Waals surface area contributed by atoms with Crippen molar-refractivity contribution in [1.29, 1.82) is 0 Å². The summed E-state index contributed by atoms with van der Waals surface area (Å²) in [5.41, 5.74) is 0. The Morgan fingerprint density at radius 1 is 1.17 bits per heavy atom. The van der Waals surface area contributed by atoms with Crippen molar-refractivity contribution < 1.29 is 22.7 Å². The Hall–Kier alpha value is -1.71. The van der Waals surface area contributed by atoms with Gasteiger partial charge in [-0.15, -0.1) is 0 Å². The standard InChI is InChI=1S/C20H24ClFN2O4S/c21-19-3-1-2-4-20(19)28-14-17(25)13-24-11-9-16(10-12-24)23-29(26,27)18-7-5-15(22)6-8-18/h1-8,16-17,23,25H,9-14H2. The van der Waals surface area contributed by atoms with E-state index < -0.39 is 21.9 Å². The predicted octanol–water partition coefficient (Wildman–Crippen LogP) is 2.66. The summed E-state index contributed by atoms with van der Waals surface area (Å²) in [5.74, 6) is 0.0523. The molecule has 0 amide bonds. The number of hydrogen-bond donors (Lipinski definition) is 2. The minimum absolute atomic E-state index is 0.0495. The molecular formula is C20H24ClFN2O4S. The zero-order valence-corrected chi connectivity index (χ0v) is 17.4. The number of nitrogens with one attached hydrogen (secondary N) is 1. The van der Waals surface area contributed by atoms with Crippen molar-refractivity contribution >= 4 is 21.6 Å². The number of hydrogen-bond acceptors (Lipinski definition) is 5. The topological polar surface area (TPSA) is 78.9 Å². The number of likely N-dealkylation sites (tertiary alicyclic amines) is 1. The molecule has 1 heterocycles. The molecule has 1 atom stereocenters. The lowest BCUT2D eigenvalue weighted by atomic mass is 10.1. The number of β-amino-alcohol motifs (C(OH)–C–C–N with tert-alkyl or cyclic N) is 1. The van der Waals surface area contributed by atoms with Crippen LogP contribution in [0.5, 0.6) is 5.75 Å². The molecule has 1 saturated heterocycles. The van der Waals surface area contributed by atoms with Crippen LogP contribution in [0, 0.1) is 5.82 Å². The lowest BCUT2D eigenvalue weighted by molar-refractivity contribution is 0.0590. The highest BCUT2D eigenvalue weighted by atomic mass is 35.5. The number of benzene rings is 2. The van der Waals surface area contributed by atoms with Crippen LogP contribution in [0.2, 0.25) is 5.02 Å². The molecule has 2 aromatic carbocycles. The van der Waals surface area contributed by atoms with Gasteiger partial charge in [-0.2, -0.15) is 0 Å². The molecule has 2 N–H and O–H groups in total. The van der Waals surface area contributed by atoms with Crippen molar-refractivity contribution in [2.24, 2.45) is 0 Å². The second-order valence-electron chi connectivity index (χ2n) is 7.05. The predicted molar refractivity (Wildman–Crippen MR) is 109 cm³/mol. The third-order valence-electron chi connectivity index (χ3n) is 4.77. The molecule has 1 aliphatic heterocycles. The Morgan fingerprint density at radius 3 is 2.48 bits per heavy atom. The number of aliphatic hydroxyl groups is 1. The maximum absolute atomic E-state index is 13.0. The Bertz CT molecular complexity index is 903. The first kappa shape index (κ1) is 22.0. The van der Waals surface area contributed by atoms with Crippen molar-refractivity contribution in [3.63, 3.8) is 0 Å². The highest BCUT2D eigenvalue weighted by Crippen LogP contribution is 2.23. The first-order valence-corrected chi connectivity index (χ1v) is 11.3. The third kappa shape index (κ3) is 6.38. The summed E-state index contributed by atoms with van der Waals surface area (Å²) < 4.78 is 46.0. The number of rotatable bonds is 8. The molecule has 0 saturated carbocycles. The van der Waals surface area contributed by atoms with Crippen LogP contribution in [0.4, 0.5) is 4.39 Å². The monoisotopic (exact) mass is 442 g/mol. The number of nitrogens with zero attached hydrogens (tertiary/aromatic N) is 1. The molecule has 0 bridgehead atoms. The molecular weight excluding hydrogens is 419 g/mol. The van der Waals surface area contributed by atoms with Gasteiger partial charge in [0, 0.05) is 12.6 Å². The first-order chi connectivity index (χ1) is 13.8. The summed E-state index contributed by atoms with van der Waals surface area (Å²) in [6.07, 6.45) is 0.565. The van der Waals surface area contributed by atoms with Crippen molar-refractivity contribution in [1.82, 2.24) is 9.62 Å². The van der Waals surface area contributed by atoms with Crippen LogP contribution in [0.25, 0.3) is 0 Å². The lowest BCUT2D eigenvalue weighted by Gasteiger charge is -2.33. The average molecular weight is 443 g/mol. The van der Waals surface area contributed by atoms with E-state index in [1.807, 2.05) is 6.07 Å². The number of ether oxygens (including phenoxy) is 1. The van der Waals surface area contributed by atoms with Gasteiger partial charge in [0.1, 0.15) is 24.3 Å². The fraction of sp³-hybridized carbons (Fsp3) is 0.400. The van der Waals surface area contributed by atoms with Gasteiger partial charge in [-0.25, -0.2) is 17.5 Å². The van der Waals surface area contributed by atoms with Gasteiger partial charge in [0.05, 0.1) is 9.92 Å². The first-order valence-electron chi connectivity index (χ1n) is 9.39. The van der Waals surface area contributed by atoms with Gasteiger partial charge in [-0.3, -0.25) is 0 Å². The van der Waals surface area contributed by atoms with E-state index in [1.165, 1.54) is 12.1 Å². The number of para-hydroxylation sites is 1. The quantitative estimate of drug-likeness (QED) is 0.657. The Labute approximate surface area is 175 Å². The van der Waals surface area contributed by atoms with Crippen LogP contribution >= 0.6 is 11.6 Å². The second kappa shape index (κ2) is 9.86. The summed E-state index contributed by atoms with van der Waals surface area (Å²) in [5, 5.41) is 10.7. The normalized spacial score (nSPS) is 17.2. The van der Waals surface area contributed by atoms with E-state index in [4.69, 9.17) is 16.3 Å². The van der Waals surface area contributed by atoms with Crippen LogP contribution < -0.4 is 9.46 Å². The van der Waals surface area contributed by atoms with E-state index in [2.05, 4.69) is 9.62 Å². The van der Waals surface area contributed by atoms with Crippen LogP contribution in [0.1, 0.15) is 12.8 Å². The van der Waals surface area contributed by atoms with E-state index >= 15 is 0 Å². The van der Waals surface area contributed by atoms with Gasteiger partial charge in [0.2, 0.25) is 10.0 Å². The fourth-order valence-electron chi connectivity index (χ4n) is 3.23. The third-order valence-corrected chi connectivity index (χ3v) is 6.62. The maximum atomic E-state index is 13.0. The molecule has 0 radical (unpaired) electrons. The van der Waals surface area contributed by atoms with E-state index in [1.54, 1.807) is 18.2 Å². The van der Waals surface area contributed by atoms with Crippen molar-refractivity contribution in [3.8, 4) is 5.75 Å². The molecule has 1 unspecified atom stereocenters. The smallest absolute Gasteiger partial charge is 0.240 e. The van der Waals surface area contributed by atoms with Gasteiger partial charge >= 0.3 is 0 Å². The molecule has 158 valence electrons. The SMILES string of the molecule is O=S(=O)(NC1CCN(CC(O)COc2ccccc2Cl)CC1)c1ccc(F)cc1. The van der Waals surface area contributed by atoms with Crippen molar-refractivity contribution in [2.45, 2.75) is 29.9 Å². The van der Waals surface area contributed by atoms with Crippen LogP contribution in [-0.2, 0) is 10.0 Å². The van der Waals surface area contributed by atoms with E-state index in [0.29, 0.717) is 43.2 Å². The molecule has 0 spiro atoms. The maximum Gasteiger partial charge on any atom is 0.240 e. The molecule has 0 aromatic heterocycles. The molecule has 3 rings (SSSR count). The highest BCUT2D eigenvalue weighted by molar-refractivity contribution is 7.89. The van der Waals surface area contributed by atoms with Gasteiger partial charge in [-0.05, 0) is 62.3 Å². The summed E-state index contributed by atoms with van der Waals surface area (Å²) in [6.45, 7) is 1.86. The van der Waals surface area contributed by atoms with E-state index in [-0.39, 0.29) is 17.5 Å². The van der Waals surface area contributed by atoms with Gasteiger partial charge < -0.3 is 14.7 Å². The van der Waals surface area contributed by atoms with Crippen LogP contribution in [0.15, 0.2) is 53.4 Å². The van der Waals surface area contributed by atoms with Gasteiger partial charge in [0.15, 0.2) is 0 Å². The van der Waals surface area contributed by atoms with Crippen LogP contribution in [0.3, 0.4) is 0 Å². The number of sulfonamides is 1. The highest BCUT2D eigenvalue weighted by Gasteiger charge is 2.25. The lowest BCUT2D eigenvalue weighted by Crippen LogP contribution is -2.47. The van der Waals surface area contributed by atoms with E-state index in [0.717, 1.165) is 12.1 Å². The minimum atomic E-state index is -3.68. The Kier molecular flexibility index (Phi) is 7.48. The van der Waals surface area contributed by atoms with E-state index in [9.17, 15) is 17.9 Å². The largest absolute Gasteiger partial charge is 0.489 e. The Balaban J connectivity index is 1.43. The van der Waals surface area contributed by atoms with Gasteiger partial charge in [0.25, 0.3) is 0 Å². The number of halogens is 2. The average Bonchev–Trinajstić information content (AvgIpc) is 2.69. The molecule has 9 heteroatoms. The zero-order chi connectivity index (χ0) is 20.9. The molecule has 1 fully saturated rings. The molecule has 29 heavy (non-hydrogen) atoms. The van der Waals surface area contributed by atoms with Crippen molar-refractivity contribution in [3.05, 3.63) is 59.4 Å². The summed E-state index contributed by atoms with van der Waals surface area (Å²) in [6, 6.07) is 11.6. The Morgan fingerprint density at radius 2 is 1.83 bits per heavy atom.